The van der Waals surface area contributed by atoms with Crippen molar-refractivity contribution in [3.63, 3.8) is 0 Å². The number of nitrogens with zero attached hydrogens (tertiary/aromatic N) is 4. The van der Waals surface area contributed by atoms with Crippen molar-refractivity contribution < 1.29 is 46.8 Å². The van der Waals surface area contributed by atoms with Gasteiger partial charge in [-0.25, -0.2) is 23.8 Å². The van der Waals surface area contributed by atoms with Crippen LogP contribution >= 0.6 is 0 Å². The Kier molecular flexibility index (Phi) is 11.0. The third-order valence-electron chi connectivity index (χ3n) is 7.99. The molecule has 0 unspecified atom stereocenters. The van der Waals surface area contributed by atoms with Crippen LogP contribution in [-0.2, 0) is 30.1 Å². The van der Waals surface area contributed by atoms with Crippen LogP contribution in [-0.4, -0.2) is 75.5 Å². The fourth-order valence-corrected chi connectivity index (χ4v) is 4.88. The standard InChI is InChI=1S/C37H50BFN4O9/c1-33(2,3)47-30(44)42(14)21-22-15-16-24(26(39)17-22)27-19-28(50-41-27)25-18-23(38-51-36(10,11)37(12,13)52-38)20-40-29(25)43(31(45)48-34(4,5)6)32(46)49-35(7,8)9/h15-20H,21H2,1-14H3. The molecule has 15 heteroatoms. The van der Waals surface area contributed by atoms with Gasteiger partial charge in [0.15, 0.2) is 11.6 Å². The number of hydrogen-bond donors (Lipinski definition) is 0. The maximum atomic E-state index is 15.6. The largest absolute Gasteiger partial charge is 0.496 e. The zero-order chi connectivity index (χ0) is 39.2. The molecular weight excluding hydrogens is 674 g/mol. The molecule has 0 spiro atoms. The molecule has 3 amide bonds. The van der Waals surface area contributed by atoms with Crippen LogP contribution in [0.25, 0.3) is 22.6 Å². The lowest BCUT2D eigenvalue weighted by atomic mass is 9.79. The highest BCUT2D eigenvalue weighted by Crippen LogP contribution is 2.38. The first-order valence-corrected chi connectivity index (χ1v) is 17.0. The number of halogens is 1. The van der Waals surface area contributed by atoms with Crippen LogP contribution in [0, 0.1) is 5.82 Å². The minimum atomic E-state index is -1.04. The second kappa shape index (κ2) is 14.1. The predicted molar refractivity (Wildman–Crippen MR) is 193 cm³/mol. The maximum Gasteiger partial charge on any atom is 0.496 e. The van der Waals surface area contributed by atoms with Gasteiger partial charge >= 0.3 is 25.4 Å². The van der Waals surface area contributed by atoms with Gasteiger partial charge in [-0.15, -0.1) is 0 Å². The van der Waals surface area contributed by atoms with E-state index in [0.717, 1.165) is 0 Å². The topological polar surface area (TPSA) is 143 Å². The van der Waals surface area contributed by atoms with Gasteiger partial charge < -0.3 is 32.9 Å². The Morgan fingerprint density at radius 3 is 1.81 bits per heavy atom. The molecule has 0 bridgehead atoms. The molecule has 0 saturated carbocycles. The Morgan fingerprint density at radius 1 is 0.788 bits per heavy atom. The molecule has 1 saturated heterocycles. The highest BCUT2D eigenvalue weighted by molar-refractivity contribution is 6.62. The summed E-state index contributed by atoms with van der Waals surface area (Å²) in [6.07, 6.45) is -1.21. The molecule has 0 N–H and O–H groups in total. The van der Waals surface area contributed by atoms with Crippen LogP contribution in [0.2, 0.25) is 0 Å². The normalized spacial score (nSPS) is 15.6. The molecule has 0 atom stereocenters. The van der Waals surface area contributed by atoms with Gasteiger partial charge in [-0.1, -0.05) is 11.2 Å². The fourth-order valence-electron chi connectivity index (χ4n) is 4.88. The summed E-state index contributed by atoms with van der Waals surface area (Å²) in [5.41, 5.74) is -2.69. The van der Waals surface area contributed by atoms with Gasteiger partial charge in [-0.05, 0) is 114 Å². The van der Waals surface area contributed by atoms with Gasteiger partial charge in [-0.2, -0.15) is 4.90 Å². The lowest BCUT2D eigenvalue weighted by molar-refractivity contribution is 0.00578. The Hall–Kier alpha value is -4.50. The summed E-state index contributed by atoms with van der Waals surface area (Å²) in [6.45, 7) is 23.0. The Balaban J connectivity index is 1.79. The number of pyridine rings is 1. The third-order valence-corrected chi connectivity index (χ3v) is 7.99. The molecule has 52 heavy (non-hydrogen) atoms. The molecule has 2 aromatic heterocycles. The molecule has 13 nitrogen and oxygen atoms in total. The monoisotopic (exact) mass is 724 g/mol. The first-order chi connectivity index (χ1) is 23.7. The molecule has 1 aromatic carbocycles. The van der Waals surface area contributed by atoms with Gasteiger partial charge in [0.05, 0.1) is 16.8 Å². The molecule has 4 rings (SSSR count). The number of amides is 3. The van der Waals surface area contributed by atoms with E-state index < -0.39 is 59.2 Å². The van der Waals surface area contributed by atoms with Gasteiger partial charge in [-0.3, -0.25) is 0 Å². The average molecular weight is 725 g/mol. The third kappa shape index (κ3) is 9.68. The van der Waals surface area contributed by atoms with Crippen molar-refractivity contribution in [2.45, 2.75) is 125 Å². The molecule has 0 radical (unpaired) electrons. The second-order valence-corrected chi connectivity index (χ2v) is 16.8. The van der Waals surface area contributed by atoms with Gasteiger partial charge in [0.2, 0.25) is 0 Å². The molecule has 282 valence electrons. The lowest BCUT2D eigenvalue weighted by Crippen LogP contribution is -2.45. The number of imide groups is 1. The van der Waals surface area contributed by atoms with E-state index >= 15 is 4.39 Å². The van der Waals surface area contributed by atoms with E-state index in [2.05, 4.69) is 10.1 Å². The van der Waals surface area contributed by atoms with Crippen molar-refractivity contribution in [2.24, 2.45) is 0 Å². The van der Waals surface area contributed by atoms with E-state index in [-0.39, 0.29) is 34.9 Å². The van der Waals surface area contributed by atoms with Crippen LogP contribution in [0.1, 0.15) is 95.6 Å². The smallest absolute Gasteiger partial charge is 0.444 e. The number of ether oxygens (including phenoxy) is 3. The first-order valence-electron chi connectivity index (χ1n) is 17.0. The summed E-state index contributed by atoms with van der Waals surface area (Å²) >= 11 is 0. The zero-order valence-corrected chi connectivity index (χ0v) is 32.6. The van der Waals surface area contributed by atoms with Crippen molar-refractivity contribution in [3.8, 4) is 22.6 Å². The number of benzene rings is 1. The Morgan fingerprint density at radius 2 is 1.31 bits per heavy atom. The molecule has 3 heterocycles. The number of anilines is 1. The van der Waals surface area contributed by atoms with Crippen molar-refractivity contribution in [2.75, 3.05) is 11.9 Å². The van der Waals surface area contributed by atoms with Crippen LogP contribution in [0.4, 0.5) is 24.6 Å². The minimum absolute atomic E-state index is 0.0427. The number of aromatic nitrogens is 2. The summed E-state index contributed by atoms with van der Waals surface area (Å²) in [5.74, 6) is -0.767. The van der Waals surface area contributed by atoms with E-state index in [4.69, 9.17) is 28.0 Å². The summed E-state index contributed by atoms with van der Waals surface area (Å²) in [7, 11) is 0.693. The van der Waals surface area contributed by atoms with E-state index in [1.165, 1.54) is 29.3 Å². The highest BCUT2D eigenvalue weighted by atomic mass is 19.1. The molecule has 3 aromatic rings. The van der Waals surface area contributed by atoms with E-state index in [1.54, 1.807) is 81.5 Å². The molecule has 1 fully saturated rings. The molecule has 1 aliphatic rings. The second-order valence-electron chi connectivity index (χ2n) is 16.8. The van der Waals surface area contributed by atoms with Gasteiger partial charge in [0.1, 0.15) is 28.3 Å². The fraction of sp³-hybridized carbons (Fsp3) is 0.541. The lowest BCUT2D eigenvalue weighted by Gasteiger charge is -2.32. The predicted octanol–water partition coefficient (Wildman–Crippen LogP) is 7.89. The van der Waals surface area contributed by atoms with Crippen LogP contribution in [0.5, 0.6) is 0 Å². The van der Waals surface area contributed by atoms with Crippen LogP contribution < -0.4 is 10.4 Å². The van der Waals surface area contributed by atoms with Crippen LogP contribution in [0.15, 0.2) is 41.1 Å². The summed E-state index contributed by atoms with van der Waals surface area (Å²) in [5, 5.41) is 4.12. The average Bonchev–Trinajstić information content (AvgIpc) is 3.52. The van der Waals surface area contributed by atoms with Crippen molar-refractivity contribution >= 4 is 36.7 Å². The maximum absolute atomic E-state index is 15.6. The molecule has 0 aliphatic carbocycles. The zero-order valence-electron chi connectivity index (χ0n) is 32.6. The number of rotatable bonds is 6. The Bertz CT molecular complexity index is 1780. The molecular formula is C37H50BFN4O9. The van der Waals surface area contributed by atoms with Crippen molar-refractivity contribution in [1.82, 2.24) is 15.0 Å². The van der Waals surface area contributed by atoms with Crippen LogP contribution in [0.3, 0.4) is 0 Å². The number of hydrogen-bond acceptors (Lipinski definition) is 11. The SMILES string of the molecule is CN(Cc1ccc(-c2cc(-c3cc(B4OC(C)(C)C(C)(C)O4)cnc3N(C(=O)OC(C)(C)C)C(=O)OC(C)(C)C)on2)c(F)c1)C(=O)OC(C)(C)C. The van der Waals surface area contributed by atoms with E-state index in [9.17, 15) is 14.4 Å². The van der Waals surface area contributed by atoms with Crippen molar-refractivity contribution in [1.29, 1.82) is 0 Å². The number of carbonyl (C=O) groups excluding carboxylic acids is 3. The number of carbonyl (C=O) groups is 3. The van der Waals surface area contributed by atoms with Gasteiger partial charge in [0, 0.05) is 36.9 Å². The van der Waals surface area contributed by atoms with E-state index in [1.807, 2.05) is 27.7 Å². The summed E-state index contributed by atoms with van der Waals surface area (Å²) < 4.78 is 50.5. The molecule has 1 aliphatic heterocycles. The van der Waals surface area contributed by atoms with Crippen molar-refractivity contribution in [3.05, 3.63) is 47.9 Å². The summed E-state index contributed by atoms with van der Waals surface area (Å²) in [4.78, 5) is 46.3. The Labute approximate surface area is 305 Å². The summed E-state index contributed by atoms with van der Waals surface area (Å²) in [6, 6.07) is 7.53. The van der Waals surface area contributed by atoms with Gasteiger partial charge in [0.25, 0.3) is 0 Å². The quantitative estimate of drug-likeness (QED) is 0.181. The van der Waals surface area contributed by atoms with E-state index in [0.29, 0.717) is 15.9 Å². The first kappa shape index (κ1) is 40.3. The minimum Gasteiger partial charge on any atom is -0.444 e. The highest BCUT2D eigenvalue weighted by Gasteiger charge is 2.52.